The fourth-order valence-electron chi connectivity index (χ4n) is 2.40. The van der Waals surface area contributed by atoms with Crippen LogP contribution >= 0.6 is 22.6 Å². The second-order valence-corrected chi connectivity index (χ2v) is 6.08. The van der Waals surface area contributed by atoms with E-state index in [-0.39, 0.29) is 5.91 Å². The zero-order valence-electron chi connectivity index (χ0n) is 11.0. The van der Waals surface area contributed by atoms with E-state index in [1.807, 2.05) is 23.1 Å². The van der Waals surface area contributed by atoms with Crippen LogP contribution in [0.4, 0.5) is 5.69 Å². The highest BCUT2D eigenvalue weighted by Crippen LogP contribution is 2.24. The van der Waals surface area contributed by atoms with Gasteiger partial charge in [0.25, 0.3) is 0 Å². The lowest BCUT2D eigenvalue weighted by atomic mass is 10.1. The largest absolute Gasteiger partial charge is 0.307 e. The summed E-state index contributed by atoms with van der Waals surface area (Å²) >= 11 is 2.29. The Balaban J connectivity index is 1.94. The zero-order valence-corrected chi connectivity index (χ0v) is 13.1. The van der Waals surface area contributed by atoms with Crippen LogP contribution in [0.2, 0.25) is 0 Å². The predicted molar refractivity (Wildman–Crippen MR) is 88.5 cm³/mol. The Bertz CT molecular complexity index is 625. The summed E-state index contributed by atoms with van der Waals surface area (Å²) in [5.41, 5.74) is 3.33. The molecule has 0 saturated heterocycles. The van der Waals surface area contributed by atoms with Gasteiger partial charge in [0.15, 0.2) is 0 Å². The maximum absolute atomic E-state index is 12.3. The molecule has 4 heteroatoms. The van der Waals surface area contributed by atoms with Crippen molar-refractivity contribution in [3.8, 4) is 0 Å². The molecule has 1 aliphatic rings. The Morgan fingerprint density at radius 2 is 1.80 bits per heavy atom. The molecule has 0 radical (unpaired) electrons. The van der Waals surface area contributed by atoms with E-state index >= 15 is 0 Å². The van der Waals surface area contributed by atoms with E-state index in [1.54, 1.807) is 0 Å². The highest BCUT2D eigenvalue weighted by Gasteiger charge is 2.21. The third-order valence-electron chi connectivity index (χ3n) is 3.43. The normalized spacial score (nSPS) is 14.8. The molecule has 2 aromatic rings. The van der Waals surface area contributed by atoms with E-state index < -0.39 is 0 Å². The van der Waals surface area contributed by atoms with E-state index in [9.17, 15) is 4.79 Å². The summed E-state index contributed by atoms with van der Waals surface area (Å²) in [7, 11) is 0. The Hall–Kier alpha value is -1.40. The topological polar surface area (TPSA) is 32.3 Å². The number of hydrogen-bond donors (Lipinski definition) is 1. The second kappa shape index (κ2) is 5.93. The molecule has 0 unspecified atom stereocenters. The van der Waals surface area contributed by atoms with E-state index in [0.29, 0.717) is 13.1 Å². The van der Waals surface area contributed by atoms with E-state index in [0.717, 1.165) is 17.8 Å². The Morgan fingerprint density at radius 3 is 2.60 bits per heavy atom. The summed E-state index contributed by atoms with van der Waals surface area (Å²) < 4.78 is 1.20. The van der Waals surface area contributed by atoms with Crippen LogP contribution in [0.3, 0.4) is 0 Å². The highest BCUT2D eigenvalue weighted by atomic mass is 127. The molecule has 0 aliphatic carbocycles. The first kappa shape index (κ1) is 13.6. The quantitative estimate of drug-likeness (QED) is 0.816. The van der Waals surface area contributed by atoms with Gasteiger partial charge in [-0.25, -0.2) is 0 Å². The fraction of sp³-hybridized carbons (Fsp3) is 0.188. The summed E-state index contributed by atoms with van der Waals surface area (Å²) in [6, 6.07) is 16.4. The lowest BCUT2D eigenvalue weighted by Crippen LogP contribution is -2.35. The number of anilines is 1. The molecule has 20 heavy (non-hydrogen) atoms. The van der Waals surface area contributed by atoms with Gasteiger partial charge in [0, 0.05) is 15.8 Å². The number of fused-ring (bicyclic) bond motifs is 1. The van der Waals surface area contributed by atoms with Crippen LogP contribution in [0, 0.1) is 3.57 Å². The molecule has 0 bridgehead atoms. The van der Waals surface area contributed by atoms with Crippen molar-refractivity contribution in [2.45, 2.75) is 13.1 Å². The molecule has 1 amide bonds. The van der Waals surface area contributed by atoms with Gasteiger partial charge in [-0.15, -0.1) is 0 Å². The molecular weight excluding hydrogens is 363 g/mol. The molecule has 1 heterocycles. The minimum Gasteiger partial charge on any atom is -0.307 e. The average molecular weight is 378 g/mol. The molecule has 3 rings (SSSR count). The minimum atomic E-state index is 0.119. The predicted octanol–water partition coefficient (Wildman–Crippen LogP) is 2.93. The van der Waals surface area contributed by atoms with Gasteiger partial charge in [-0.3, -0.25) is 4.79 Å². The number of halogens is 1. The standard InChI is InChI=1S/C16H15IN2O/c17-14-7-5-12(6-8-14)11-19-15-4-2-1-3-13(15)9-18-10-16(19)20/h1-8,18H,9-11H2. The van der Waals surface area contributed by atoms with Crippen molar-refractivity contribution in [2.75, 3.05) is 11.4 Å². The fourth-order valence-corrected chi connectivity index (χ4v) is 2.76. The average Bonchev–Trinajstić information content (AvgIpc) is 2.62. The Morgan fingerprint density at radius 1 is 1.05 bits per heavy atom. The number of hydrogen-bond acceptors (Lipinski definition) is 2. The summed E-state index contributed by atoms with van der Waals surface area (Å²) in [4.78, 5) is 14.2. The number of rotatable bonds is 2. The molecule has 1 N–H and O–H groups in total. The SMILES string of the molecule is O=C1CNCc2ccccc2N1Cc1ccc(I)cc1. The van der Waals surface area contributed by atoms with Gasteiger partial charge in [-0.2, -0.15) is 0 Å². The van der Waals surface area contributed by atoms with Gasteiger partial charge in [0.2, 0.25) is 5.91 Å². The summed E-state index contributed by atoms with van der Waals surface area (Å²) in [6.07, 6.45) is 0. The Kier molecular flexibility index (Phi) is 4.03. The zero-order chi connectivity index (χ0) is 13.9. The van der Waals surface area contributed by atoms with Crippen LogP contribution in [0.1, 0.15) is 11.1 Å². The minimum absolute atomic E-state index is 0.119. The summed E-state index contributed by atoms with van der Waals surface area (Å²) in [5, 5.41) is 3.19. The molecular formula is C16H15IN2O. The molecule has 3 nitrogen and oxygen atoms in total. The number of nitrogens with one attached hydrogen (secondary N) is 1. The Labute approximate surface area is 132 Å². The first-order chi connectivity index (χ1) is 9.74. The van der Waals surface area contributed by atoms with Gasteiger partial charge in [0.05, 0.1) is 13.1 Å². The van der Waals surface area contributed by atoms with Gasteiger partial charge < -0.3 is 10.2 Å². The first-order valence-corrected chi connectivity index (χ1v) is 7.65. The van der Waals surface area contributed by atoms with Crippen LogP contribution in [0.15, 0.2) is 48.5 Å². The molecule has 0 fully saturated rings. The molecule has 0 atom stereocenters. The number of carbonyl (C=O) groups is 1. The maximum atomic E-state index is 12.3. The van der Waals surface area contributed by atoms with Gasteiger partial charge >= 0.3 is 0 Å². The molecule has 102 valence electrons. The van der Waals surface area contributed by atoms with E-state index in [1.165, 1.54) is 9.13 Å². The van der Waals surface area contributed by atoms with Crippen LogP contribution in [0.5, 0.6) is 0 Å². The van der Waals surface area contributed by atoms with Crippen LogP contribution < -0.4 is 10.2 Å². The van der Waals surface area contributed by atoms with Crippen molar-refractivity contribution in [1.82, 2.24) is 5.32 Å². The van der Waals surface area contributed by atoms with Gasteiger partial charge in [-0.1, -0.05) is 30.3 Å². The number of benzene rings is 2. The highest BCUT2D eigenvalue weighted by molar-refractivity contribution is 14.1. The molecule has 0 spiro atoms. The van der Waals surface area contributed by atoms with Crippen molar-refractivity contribution in [3.05, 3.63) is 63.2 Å². The van der Waals surface area contributed by atoms with Gasteiger partial charge in [-0.05, 0) is 51.9 Å². The lowest BCUT2D eigenvalue weighted by Gasteiger charge is -2.22. The van der Waals surface area contributed by atoms with Crippen molar-refractivity contribution in [2.24, 2.45) is 0 Å². The van der Waals surface area contributed by atoms with Crippen LogP contribution in [0.25, 0.3) is 0 Å². The lowest BCUT2D eigenvalue weighted by molar-refractivity contribution is -0.117. The van der Waals surface area contributed by atoms with E-state index in [2.05, 4.69) is 58.2 Å². The molecule has 0 saturated carbocycles. The van der Waals surface area contributed by atoms with Crippen LogP contribution in [-0.2, 0) is 17.9 Å². The van der Waals surface area contributed by atoms with Crippen molar-refractivity contribution in [1.29, 1.82) is 0 Å². The number of amides is 1. The third-order valence-corrected chi connectivity index (χ3v) is 4.15. The first-order valence-electron chi connectivity index (χ1n) is 6.57. The molecule has 0 aromatic heterocycles. The molecule has 1 aliphatic heterocycles. The number of nitrogens with zero attached hydrogens (tertiary/aromatic N) is 1. The van der Waals surface area contributed by atoms with Crippen molar-refractivity contribution in [3.63, 3.8) is 0 Å². The van der Waals surface area contributed by atoms with E-state index in [4.69, 9.17) is 0 Å². The summed E-state index contributed by atoms with van der Waals surface area (Å²) in [5.74, 6) is 0.119. The maximum Gasteiger partial charge on any atom is 0.241 e. The van der Waals surface area contributed by atoms with Crippen LogP contribution in [-0.4, -0.2) is 12.5 Å². The second-order valence-electron chi connectivity index (χ2n) is 4.84. The monoisotopic (exact) mass is 378 g/mol. The smallest absolute Gasteiger partial charge is 0.241 e. The van der Waals surface area contributed by atoms with Gasteiger partial charge in [0.1, 0.15) is 0 Å². The van der Waals surface area contributed by atoms with Crippen molar-refractivity contribution < 1.29 is 4.79 Å². The molecule has 2 aromatic carbocycles. The number of para-hydroxylation sites is 1. The third kappa shape index (κ3) is 2.86. The van der Waals surface area contributed by atoms with Crippen molar-refractivity contribution >= 4 is 34.2 Å². The number of carbonyl (C=O) groups excluding carboxylic acids is 1. The summed E-state index contributed by atoms with van der Waals surface area (Å²) in [6.45, 7) is 1.75.